The Hall–Kier alpha value is -2.55. The highest BCUT2D eigenvalue weighted by Crippen LogP contribution is 2.34. The van der Waals surface area contributed by atoms with Gasteiger partial charge in [-0.05, 0) is 81.9 Å². The van der Waals surface area contributed by atoms with E-state index in [9.17, 15) is 9.59 Å². The molecule has 4 heterocycles. The monoisotopic (exact) mass is 587 g/mol. The van der Waals surface area contributed by atoms with Gasteiger partial charge in [0.2, 0.25) is 5.91 Å². The molecule has 3 saturated heterocycles. The Kier molecular flexibility index (Phi) is 9.71. The number of pyridine rings is 1. The number of hydrogen-bond acceptors (Lipinski definition) is 5. The second-order valence-corrected chi connectivity index (χ2v) is 12.1. The van der Waals surface area contributed by atoms with E-state index < -0.39 is 6.04 Å². The number of rotatable bonds is 7. The molecule has 0 saturated carbocycles. The van der Waals surface area contributed by atoms with Crippen LogP contribution in [0.15, 0.2) is 36.5 Å². The number of aromatic nitrogens is 1. The number of nitrogens with zero attached hydrogens (tertiary/aromatic N) is 4. The lowest BCUT2D eigenvalue weighted by Crippen LogP contribution is -2.54. The zero-order valence-corrected chi connectivity index (χ0v) is 24.7. The fourth-order valence-electron chi connectivity index (χ4n) is 6.07. The molecule has 0 bridgehead atoms. The maximum Gasteiger partial charge on any atom is 0.318 e. The van der Waals surface area contributed by atoms with Crippen LogP contribution in [0.1, 0.15) is 55.7 Å². The fraction of sp³-hybridized carbons (Fsp3) is 0.567. The molecule has 8 nitrogen and oxygen atoms in total. The van der Waals surface area contributed by atoms with Gasteiger partial charge in [-0.15, -0.1) is 0 Å². The third-order valence-electron chi connectivity index (χ3n) is 8.30. The SMILES string of the molecule is CN1CCC[C@H](Oc2cccnc2C2CCN(C(=O)[C@@H](Cc3ccc(Cl)cc3Cl)NC(=O)N3CCCC3)CC2)C1. The fourth-order valence-corrected chi connectivity index (χ4v) is 6.55. The van der Waals surface area contributed by atoms with Gasteiger partial charge in [-0.3, -0.25) is 9.78 Å². The first-order valence-corrected chi connectivity index (χ1v) is 15.2. The lowest BCUT2D eigenvalue weighted by molar-refractivity contribution is -0.134. The smallest absolute Gasteiger partial charge is 0.318 e. The Morgan fingerprint density at radius 1 is 1.02 bits per heavy atom. The highest BCUT2D eigenvalue weighted by atomic mass is 35.5. The Morgan fingerprint density at radius 2 is 1.80 bits per heavy atom. The van der Waals surface area contributed by atoms with Crippen LogP contribution in [0.5, 0.6) is 5.75 Å². The third-order valence-corrected chi connectivity index (χ3v) is 8.88. The Labute approximate surface area is 246 Å². The van der Waals surface area contributed by atoms with Crippen LogP contribution < -0.4 is 10.1 Å². The van der Waals surface area contributed by atoms with Gasteiger partial charge in [-0.2, -0.15) is 0 Å². The maximum absolute atomic E-state index is 13.8. The van der Waals surface area contributed by atoms with Gasteiger partial charge in [0.15, 0.2) is 0 Å². The van der Waals surface area contributed by atoms with Crippen molar-refractivity contribution >= 4 is 35.1 Å². The minimum Gasteiger partial charge on any atom is -0.487 e. The summed E-state index contributed by atoms with van der Waals surface area (Å²) in [7, 11) is 2.13. The zero-order valence-electron chi connectivity index (χ0n) is 23.2. The highest BCUT2D eigenvalue weighted by Gasteiger charge is 2.33. The number of urea groups is 1. The molecule has 5 rings (SSSR count). The first-order chi connectivity index (χ1) is 19.4. The first kappa shape index (κ1) is 29.0. The van der Waals surface area contributed by atoms with Crippen LogP contribution in [0.25, 0.3) is 0 Å². The van der Waals surface area contributed by atoms with Gasteiger partial charge in [0.1, 0.15) is 17.9 Å². The number of halogens is 2. The molecule has 0 spiro atoms. The number of benzene rings is 1. The van der Waals surface area contributed by atoms with Gasteiger partial charge >= 0.3 is 6.03 Å². The number of likely N-dealkylation sites (tertiary alicyclic amines) is 3. The number of hydrogen-bond donors (Lipinski definition) is 1. The molecule has 2 aromatic rings. The van der Waals surface area contributed by atoms with Gasteiger partial charge in [-0.25, -0.2) is 4.79 Å². The van der Waals surface area contributed by atoms with E-state index in [4.69, 9.17) is 32.9 Å². The number of carbonyl (C=O) groups is 2. The van der Waals surface area contributed by atoms with E-state index in [0.29, 0.717) is 42.6 Å². The summed E-state index contributed by atoms with van der Waals surface area (Å²) in [5.74, 6) is 0.991. The minimum absolute atomic E-state index is 0.0836. The molecule has 0 radical (unpaired) electrons. The molecule has 1 aromatic carbocycles. The molecule has 40 heavy (non-hydrogen) atoms. The van der Waals surface area contributed by atoms with Crippen LogP contribution in [-0.4, -0.2) is 90.1 Å². The zero-order chi connectivity index (χ0) is 28.1. The normalized spacial score (nSPS) is 21.3. The molecule has 3 amide bonds. The van der Waals surface area contributed by atoms with E-state index in [1.807, 2.05) is 29.3 Å². The highest BCUT2D eigenvalue weighted by molar-refractivity contribution is 6.35. The van der Waals surface area contributed by atoms with Crippen molar-refractivity contribution in [3.63, 3.8) is 0 Å². The average molecular weight is 589 g/mol. The number of piperidine rings is 2. The van der Waals surface area contributed by atoms with Crippen molar-refractivity contribution in [1.82, 2.24) is 25.0 Å². The molecule has 3 aliphatic heterocycles. The van der Waals surface area contributed by atoms with Crippen molar-refractivity contribution in [2.45, 2.75) is 63.0 Å². The predicted octanol–water partition coefficient (Wildman–Crippen LogP) is 4.98. The van der Waals surface area contributed by atoms with Gasteiger partial charge in [0, 0.05) is 61.3 Å². The van der Waals surface area contributed by atoms with Crippen molar-refractivity contribution in [2.24, 2.45) is 0 Å². The van der Waals surface area contributed by atoms with E-state index in [2.05, 4.69) is 17.3 Å². The van der Waals surface area contributed by atoms with Crippen LogP contribution in [0.3, 0.4) is 0 Å². The molecule has 216 valence electrons. The van der Waals surface area contributed by atoms with Gasteiger partial charge < -0.3 is 24.8 Å². The molecule has 0 unspecified atom stereocenters. The van der Waals surface area contributed by atoms with Crippen molar-refractivity contribution in [3.8, 4) is 5.75 Å². The van der Waals surface area contributed by atoms with Gasteiger partial charge in [-0.1, -0.05) is 29.3 Å². The molecule has 0 aliphatic carbocycles. The lowest BCUT2D eigenvalue weighted by Gasteiger charge is -2.35. The predicted molar refractivity (Wildman–Crippen MR) is 157 cm³/mol. The summed E-state index contributed by atoms with van der Waals surface area (Å²) in [6.45, 7) is 4.64. The topological polar surface area (TPSA) is 78.0 Å². The molecule has 3 aliphatic rings. The molecule has 1 aromatic heterocycles. The molecule has 3 fully saturated rings. The second kappa shape index (κ2) is 13.4. The first-order valence-electron chi connectivity index (χ1n) is 14.5. The third kappa shape index (κ3) is 7.20. The van der Waals surface area contributed by atoms with E-state index >= 15 is 0 Å². The molecule has 2 atom stereocenters. The standard InChI is InChI=1S/C30H39Cl2N5O3/c1-35-13-5-6-24(20-35)40-27-7-4-12-33-28(27)21-10-16-36(17-11-21)29(38)26(34-30(39)37-14-2-3-15-37)18-22-8-9-23(31)19-25(22)32/h4,7-9,12,19,21,24,26H,2-3,5-6,10-11,13-18,20H2,1H3,(H,34,39)/t24-,26+/m0/s1. The Balaban J connectivity index is 1.25. The maximum atomic E-state index is 13.8. The molecule has 1 N–H and O–H groups in total. The van der Waals surface area contributed by atoms with Crippen LogP contribution in [0, 0.1) is 0 Å². The quantitative estimate of drug-likeness (QED) is 0.494. The van der Waals surface area contributed by atoms with E-state index in [-0.39, 0.29) is 24.0 Å². The second-order valence-electron chi connectivity index (χ2n) is 11.3. The number of nitrogens with one attached hydrogen (secondary N) is 1. The van der Waals surface area contributed by atoms with Gasteiger partial charge in [0.25, 0.3) is 0 Å². The summed E-state index contributed by atoms with van der Waals surface area (Å²) in [5.41, 5.74) is 1.76. The molecular formula is C30H39Cl2N5O3. The van der Waals surface area contributed by atoms with E-state index in [1.54, 1.807) is 17.0 Å². The van der Waals surface area contributed by atoms with Crippen molar-refractivity contribution in [3.05, 3.63) is 57.8 Å². The van der Waals surface area contributed by atoms with Crippen LogP contribution in [0.2, 0.25) is 10.0 Å². The summed E-state index contributed by atoms with van der Waals surface area (Å²) in [6, 6.07) is 8.31. The average Bonchev–Trinajstić information content (AvgIpc) is 3.50. The van der Waals surface area contributed by atoms with Crippen LogP contribution >= 0.6 is 23.2 Å². The largest absolute Gasteiger partial charge is 0.487 e. The summed E-state index contributed by atoms with van der Waals surface area (Å²) in [4.78, 5) is 37.5. The summed E-state index contributed by atoms with van der Waals surface area (Å²) in [5, 5.41) is 4.04. The van der Waals surface area contributed by atoms with Gasteiger partial charge in [0.05, 0.1) is 5.69 Å². The molecule has 10 heteroatoms. The van der Waals surface area contributed by atoms with Crippen molar-refractivity contribution < 1.29 is 14.3 Å². The number of ether oxygens (including phenoxy) is 1. The van der Waals surface area contributed by atoms with E-state index in [0.717, 1.165) is 68.6 Å². The minimum atomic E-state index is -0.708. The number of amides is 3. The van der Waals surface area contributed by atoms with Crippen LogP contribution in [-0.2, 0) is 11.2 Å². The van der Waals surface area contributed by atoms with Crippen molar-refractivity contribution in [2.75, 3.05) is 46.3 Å². The summed E-state index contributed by atoms with van der Waals surface area (Å²) >= 11 is 12.5. The molecular weight excluding hydrogens is 549 g/mol. The summed E-state index contributed by atoms with van der Waals surface area (Å²) < 4.78 is 6.44. The Bertz CT molecular complexity index is 1180. The van der Waals surface area contributed by atoms with E-state index in [1.165, 1.54) is 0 Å². The Morgan fingerprint density at radius 3 is 2.52 bits per heavy atom. The number of carbonyl (C=O) groups excluding carboxylic acids is 2. The van der Waals surface area contributed by atoms with Crippen LogP contribution in [0.4, 0.5) is 4.79 Å². The van der Waals surface area contributed by atoms with Crippen molar-refractivity contribution in [1.29, 1.82) is 0 Å². The lowest BCUT2D eigenvalue weighted by atomic mass is 9.91. The number of likely N-dealkylation sites (N-methyl/N-ethyl adjacent to an activating group) is 1. The summed E-state index contributed by atoms with van der Waals surface area (Å²) in [6.07, 6.45) is 8.04.